The summed E-state index contributed by atoms with van der Waals surface area (Å²) in [6.45, 7) is 0.755. The van der Waals surface area contributed by atoms with Crippen molar-refractivity contribution in [2.24, 2.45) is 4.99 Å². The number of aliphatic carboxylic acids is 1. The van der Waals surface area contributed by atoms with Crippen molar-refractivity contribution >= 4 is 58.1 Å². The van der Waals surface area contributed by atoms with E-state index in [2.05, 4.69) is 15.2 Å². The van der Waals surface area contributed by atoms with E-state index in [1.807, 2.05) is 24.3 Å². The van der Waals surface area contributed by atoms with Crippen LogP contribution in [0.15, 0.2) is 71.7 Å². The Bertz CT molecular complexity index is 1300. The van der Waals surface area contributed by atoms with E-state index in [0.29, 0.717) is 50.6 Å². The second kappa shape index (κ2) is 13.4. The molecule has 0 aliphatic carbocycles. The van der Waals surface area contributed by atoms with E-state index in [-0.39, 0.29) is 22.4 Å². The first kappa shape index (κ1) is 29.2. The van der Waals surface area contributed by atoms with Crippen molar-refractivity contribution in [3.8, 4) is 0 Å². The molecule has 0 aromatic heterocycles. The monoisotopic (exact) mass is 599 g/mol. The maximum Gasteiger partial charge on any atom is 3.00 e. The summed E-state index contributed by atoms with van der Waals surface area (Å²) in [4.78, 5) is 30.8. The van der Waals surface area contributed by atoms with E-state index < -0.39 is 18.6 Å². The third-order valence-corrected chi connectivity index (χ3v) is 6.85. The number of rotatable bonds is 8. The normalized spacial score (nSPS) is 15.8. The fourth-order valence-corrected chi connectivity index (χ4v) is 4.72. The Balaban J connectivity index is 0.00000380. The van der Waals surface area contributed by atoms with Crippen LogP contribution in [-0.2, 0) is 32.6 Å². The van der Waals surface area contributed by atoms with Crippen molar-refractivity contribution in [2.75, 3.05) is 13.1 Å². The molecule has 0 saturated carbocycles. The van der Waals surface area contributed by atoms with Gasteiger partial charge in [-0.1, -0.05) is 77.3 Å². The summed E-state index contributed by atoms with van der Waals surface area (Å²) >= 11 is 18.5. The molecule has 6 nitrogen and oxygen atoms in total. The van der Waals surface area contributed by atoms with Crippen LogP contribution in [0.25, 0.3) is 5.32 Å². The summed E-state index contributed by atoms with van der Waals surface area (Å²) in [5, 5.41) is 17.0. The number of carboxylic acid groups (broad SMARTS) is 1. The van der Waals surface area contributed by atoms with Crippen LogP contribution in [0.4, 0.5) is 5.69 Å². The van der Waals surface area contributed by atoms with Crippen molar-refractivity contribution in [2.45, 2.75) is 25.4 Å². The average molecular weight is 602 g/mol. The number of carboxylic acids is 1. The van der Waals surface area contributed by atoms with Crippen LogP contribution in [0.3, 0.4) is 0 Å². The van der Waals surface area contributed by atoms with Gasteiger partial charge in [0.1, 0.15) is 0 Å². The molecule has 1 amide bonds. The molecule has 0 N–H and O–H groups in total. The largest absolute Gasteiger partial charge is 3.00 e. The minimum Gasteiger partial charge on any atom is -0.625 e. The van der Waals surface area contributed by atoms with Crippen LogP contribution in [0.5, 0.6) is 0 Å². The minimum absolute atomic E-state index is 0. The number of benzene rings is 3. The van der Waals surface area contributed by atoms with Crippen molar-refractivity contribution in [3.05, 3.63) is 104 Å². The molecule has 1 atom stereocenters. The molecule has 1 heterocycles. The number of halogens is 3. The Labute approximate surface area is 240 Å². The Morgan fingerprint density at radius 2 is 1.76 bits per heavy atom. The fourth-order valence-electron chi connectivity index (χ4n) is 4.23. The zero-order valence-electron chi connectivity index (χ0n) is 19.5. The fraction of sp³-hybridized carbons (Fsp3) is 0.222. The number of likely N-dealkylation sites (tertiary alicyclic amines) is 1. The zero-order valence-corrected chi connectivity index (χ0v) is 22.7. The van der Waals surface area contributed by atoms with Crippen LogP contribution in [0, 0.1) is 0 Å². The molecule has 1 saturated heterocycles. The maximum atomic E-state index is 13.4. The smallest absolute Gasteiger partial charge is 0.625 e. The van der Waals surface area contributed by atoms with Gasteiger partial charge in [-0.2, -0.15) is 0 Å². The Kier molecular flexibility index (Phi) is 10.6. The van der Waals surface area contributed by atoms with E-state index >= 15 is 0 Å². The van der Waals surface area contributed by atoms with Crippen LogP contribution in [0.2, 0.25) is 15.1 Å². The number of nitrogens with zero attached hydrogens (tertiary/aromatic N) is 3. The molecule has 193 valence electrons. The van der Waals surface area contributed by atoms with Crippen LogP contribution >= 0.6 is 34.8 Å². The standard InChI is InChI=1S/C27H24Cl3N3O3.Ni/c28-19-9-11-23(20(14-19)26(31-15-25(34)35)18-5-2-1-3-6-18)32-27(36)24-7-4-12-33(24)16-17-8-10-21(29)22(30)13-17;/h1-3,5-6,8-11,13-14,24H,4,7,12,15-16H2,(H2,31,32,34,35,36);/q;+3/p-2/t24-;/m1./s1. The number of carbonyl (C=O) groups excluding carboxylic acids is 2. The van der Waals surface area contributed by atoms with Gasteiger partial charge in [-0.15, -0.1) is 5.69 Å². The predicted octanol–water partition coefficient (Wildman–Crippen LogP) is 5.43. The van der Waals surface area contributed by atoms with Gasteiger partial charge in [0.05, 0.1) is 40.2 Å². The van der Waals surface area contributed by atoms with Gasteiger partial charge < -0.3 is 20.0 Å². The molecule has 0 unspecified atom stereocenters. The third kappa shape index (κ3) is 7.56. The van der Waals surface area contributed by atoms with Gasteiger partial charge in [-0.05, 0) is 54.8 Å². The van der Waals surface area contributed by atoms with E-state index in [1.165, 1.54) is 0 Å². The summed E-state index contributed by atoms with van der Waals surface area (Å²) in [7, 11) is 0. The number of aliphatic imine (C=N–C) groups is 1. The van der Waals surface area contributed by atoms with Gasteiger partial charge in [0.15, 0.2) is 0 Å². The quantitative estimate of drug-likeness (QED) is 0.255. The Hall–Kier alpha value is -2.41. The molecule has 3 aromatic carbocycles. The molecule has 1 fully saturated rings. The van der Waals surface area contributed by atoms with Crippen LogP contribution in [-0.4, -0.2) is 41.6 Å². The van der Waals surface area contributed by atoms with E-state index in [1.54, 1.807) is 42.5 Å². The molecule has 1 aliphatic heterocycles. The number of hydrogen-bond donors (Lipinski definition) is 0. The first-order valence-corrected chi connectivity index (χ1v) is 12.5. The van der Waals surface area contributed by atoms with Gasteiger partial charge in [0, 0.05) is 17.1 Å². The zero-order chi connectivity index (χ0) is 25.7. The second-order valence-corrected chi connectivity index (χ2v) is 9.64. The third-order valence-electron chi connectivity index (χ3n) is 5.88. The van der Waals surface area contributed by atoms with E-state index in [4.69, 9.17) is 34.8 Å². The molecule has 3 aromatic rings. The number of hydrogen-bond acceptors (Lipinski definition) is 5. The molecule has 10 heteroatoms. The summed E-state index contributed by atoms with van der Waals surface area (Å²) in [5.41, 5.74) is 2.83. The first-order chi connectivity index (χ1) is 17.3. The summed E-state index contributed by atoms with van der Waals surface area (Å²) in [6.07, 6.45) is 1.54. The van der Waals surface area contributed by atoms with E-state index in [9.17, 15) is 14.7 Å². The Morgan fingerprint density at radius 3 is 2.46 bits per heavy atom. The minimum atomic E-state index is -1.32. The predicted molar refractivity (Wildman–Crippen MR) is 141 cm³/mol. The van der Waals surface area contributed by atoms with Gasteiger partial charge in [-0.25, -0.2) is 0 Å². The topological polar surface area (TPSA) is 86.9 Å². The van der Waals surface area contributed by atoms with Gasteiger partial charge >= 0.3 is 16.5 Å². The average Bonchev–Trinajstić information content (AvgIpc) is 3.32. The molecule has 1 radical (unpaired) electrons. The van der Waals surface area contributed by atoms with Crippen molar-refractivity contribution in [1.82, 2.24) is 4.90 Å². The maximum absolute atomic E-state index is 13.4. The SMILES string of the molecule is O=C([O-])CN=C(c1ccccc1)c1cc(Cl)ccc1[N-]C(=O)[C@H]1CCCN1Cc1ccc(Cl)c(Cl)c1.[Ni+3]. The van der Waals surface area contributed by atoms with E-state index in [0.717, 1.165) is 18.5 Å². The molecule has 4 rings (SSSR count). The van der Waals surface area contributed by atoms with Crippen molar-refractivity contribution in [3.63, 3.8) is 0 Å². The molecular formula is C27H22Cl3N3NiO3+. The first-order valence-electron chi connectivity index (χ1n) is 11.3. The second-order valence-electron chi connectivity index (χ2n) is 8.39. The van der Waals surface area contributed by atoms with Gasteiger partial charge in [0.25, 0.3) is 0 Å². The molecule has 0 spiro atoms. The molecule has 1 aliphatic rings. The Morgan fingerprint density at radius 1 is 1.00 bits per heavy atom. The summed E-state index contributed by atoms with van der Waals surface area (Å²) in [5.74, 6) is -1.60. The summed E-state index contributed by atoms with van der Waals surface area (Å²) < 4.78 is 0. The van der Waals surface area contributed by atoms with Crippen molar-refractivity contribution < 1.29 is 31.2 Å². The summed E-state index contributed by atoms with van der Waals surface area (Å²) in [6, 6.07) is 19.0. The molecule has 0 bridgehead atoms. The van der Waals surface area contributed by atoms with Crippen LogP contribution in [0.1, 0.15) is 29.5 Å². The molecular weight excluding hydrogens is 579 g/mol. The number of amides is 1. The molecule has 37 heavy (non-hydrogen) atoms. The van der Waals surface area contributed by atoms with Gasteiger partial charge in [0.2, 0.25) is 0 Å². The van der Waals surface area contributed by atoms with Gasteiger partial charge in [-0.3, -0.25) is 9.89 Å². The van der Waals surface area contributed by atoms with Crippen molar-refractivity contribution in [1.29, 1.82) is 0 Å². The van der Waals surface area contributed by atoms with Crippen LogP contribution < -0.4 is 5.11 Å². The number of carbonyl (C=O) groups is 2.